The highest BCUT2D eigenvalue weighted by Gasteiger charge is 2.53. The van der Waals surface area contributed by atoms with Crippen LogP contribution in [0.15, 0.2) is 65.7 Å². The molecule has 43 heteroatoms. The van der Waals surface area contributed by atoms with Crippen LogP contribution < -0.4 is 117 Å². The number of nitrogens with two attached hydrogens (primary N) is 7. The van der Waals surface area contributed by atoms with Crippen molar-refractivity contribution in [3.05, 3.63) is 83.0 Å². The minimum Gasteiger partial charge on any atom is -0.494 e. The first kappa shape index (κ1) is 96.9. The summed E-state index contributed by atoms with van der Waals surface area (Å²) in [6, 6.07) is 4.60. The predicted molar refractivity (Wildman–Crippen MR) is 456 cm³/mol. The molecule has 1 aliphatic carbocycles. The molecule has 1 saturated heterocycles. The summed E-state index contributed by atoms with van der Waals surface area (Å²) in [5.41, 5.74) is 43.5. The normalized spacial score (nSPS) is 16.8. The number of methoxy groups -OCH3 is 2. The highest BCUT2D eigenvalue weighted by atomic mass is 32.2. The summed E-state index contributed by atoms with van der Waals surface area (Å²) in [5.74, 6) is -11.2. The molecule has 4 heterocycles. The molecule has 8 rings (SSSR count). The summed E-state index contributed by atoms with van der Waals surface area (Å²) >= 11 is 2.24. The molecule has 2 aliphatic heterocycles. The van der Waals surface area contributed by atoms with E-state index in [1.54, 1.807) is 42.8 Å². The number of carbonyl (C=O) groups excluding carboxylic acids is 11. The van der Waals surface area contributed by atoms with Crippen molar-refractivity contribution in [3.63, 3.8) is 0 Å². The molecule has 123 heavy (non-hydrogen) atoms. The van der Waals surface area contributed by atoms with Gasteiger partial charge in [0, 0.05) is 79.8 Å². The molecule has 3 aliphatic rings. The van der Waals surface area contributed by atoms with E-state index >= 15 is 0 Å². The molecule has 3 aromatic carbocycles. The number of fused-ring (bicyclic) bond motifs is 4. The van der Waals surface area contributed by atoms with Gasteiger partial charge in [-0.3, -0.25) is 68.1 Å². The van der Waals surface area contributed by atoms with Crippen LogP contribution in [-0.2, 0) is 70.4 Å². The van der Waals surface area contributed by atoms with Gasteiger partial charge < -0.3 is 142 Å². The van der Waals surface area contributed by atoms with E-state index in [9.17, 15) is 68.1 Å². The van der Waals surface area contributed by atoms with Crippen molar-refractivity contribution in [2.24, 2.45) is 52.0 Å². The average Bonchev–Trinajstić information content (AvgIpc) is 1.64. The molecule has 9 amide bonds. The third-order valence-electron chi connectivity index (χ3n) is 21.2. The summed E-state index contributed by atoms with van der Waals surface area (Å²) in [6.45, 7) is 0.336. The van der Waals surface area contributed by atoms with E-state index in [0.717, 1.165) is 27.2 Å². The number of hydrogen-bond acceptors (Lipinski definition) is 28. The Morgan fingerprint density at radius 2 is 1.11 bits per heavy atom. The maximum atomic E-state index is 14.9. The number of amides is 9. The number of carbonyl (C=O) groups is 11. The Morgan fingerprint density at radius 1 is 0.610 bits per heavy atom. The summed E-state index contributed by atoms with van der Waals surface area (Å²) in [4.78, 5) is 158. The van der Waals surface area contributed by atoms with Crippen molar-refractivity contribution in [3.8, 4) is 40.5 Å². The fraction of sp³-hybridized carbons (Fsp3) is 0.537. The number of cyclic esters (lactones) is 1. The van der Waals surface area contributed by atoms with Crippen LogP contribution in [-0.4, -0.2) is 235 Å². The van der Waals surface area contributed by atoms with Gasteiger partial charge in [0.1, 0.15) is 42.3 Å². The molecular weight excluding hydrogens is 1640 g/mol. The third-order valence-corrected chi connectivity index (χ3v) is 22.9. The number of rotatable bonds is 53. The van der Waals surface area contributed by atoms with Gasteiger partial charge in [0.05, 0.1) is 50.2 Å². The first-order valence-electron chi connectivity index (χ1n) is 40.8. The Hall–Kier alpha value is -11.5. The van der Waals surface area contributed by atoms with Crippen LogP contribution in [0.2, 0.25) is 0 Å². The van der Waals surface area contributed by atoms with E-state index in [1.165, 1.54) is 32.0 Å². The zero-order valence-corrected chi connectivity index (χ0v) is 70.7. The zero-order chi connectivity index (χ0) is 89.4. The highest BCUT2D eigenvalue weighted by Crippen LogP contribution is 2.56. The van der Waals surface area contributed by atoms with E-state index in [2.05, 4.69) is 58.2 Å². The molecule has 12 atom stereocenters. The van der Waals surface area contributed by atoms with Gasteiger partial charge in [-0.25, -0.2) is 0 Å². The monoisotopic (exact) mass is 1760 g/mol. The van der Waals surface area contributed by atoms with E-state index in [1.807, 2.05) is 18.2 Å². The van der Waals surface area contributed by atoms with E-state index in [4.69, 9.17) is 79.4 Å². The van der Waals surface area contributed by atoms with Crippen LogP contribution in [0.4, 0.5) is 0 Å². The van der Waals surface area contributed by atoms with Gasteiger partial charge in [-0.2, -0.15) is 11.8 Å². The minimum absolute atomic E-state index is 0.00121. The van der Waals surface area contributed by atoms with Crippen LogP contribution in [0.1, 0.15) is 137 Å². The number of hydrogen-bond donors (Lipinski definition) is 23. The van der Waals surface area contributed by atoms with Crippen LogP contribution in [0.25, 0.3) is 10.9 Å². The van der Waals surface area contributed by atoms with Gasteiger partial charge in [-0.05, 0) is 174 Å². The molecule has 0 bridgehead atoms. The molecule has 1 fully saturated rings. The van der Waals surface area contributed by atoms with Crippen molar-refractivity contribution in [2.75, 3.05) is 84.6 Å². The van der Waals surface area contributed by atoms with Crippen LogP contribution in [0.3, 0.4) is 0 Å². The van der Waals surface area contributed by atoms with Crippen molar-refractivity contribution >= 4 is 111 Å². The average molecular weight is 1760 g/mol. The van der Waals surface area contributed by atoms with Gasteiger partial charge >= 0.3 is 11.9 Å². The number of benzene rings is 3. The van der Waals surface area contributed by atoms with Gasteiger partial charge in [0.2, 0.25) is 71.6 Å². The summed E-state index contributed by atoms with van der Waals surface area (Å²) in [7, 11) is 2.69. The highest BCUT2D eigenvalue weighted by molar-refractivity contribution is 7.99. The molecule has 2 aromatic heterocycles. The lowest BCUT2D eigenvalue weighted by Gasteiger charge is -2.37. The largest absolute Gasteiger partial charge is 0.494 e. The lowest BCUT2D eigenvalue weighted by Crippen LogP contribution is -2.60. The molecule has 0 radical (unpaired) electrons. The number of aliphatic hydroxyl groups excluding tert-OH is 1. The predicted octanol–water partition coefficient (Wildman–Crippen LogP) is -1.20. The summed E-state index contributed by atoms with van der Waals surface area (Å²) in [5, 5.41) is 76.9. The second-order valence-corrected chi connectivity index (χ2v) is 32.0. The molecule has 0 spiro atoms. The molecule has 30 N–H and O–H groups in total. The van der Waals surface area contributed by atoms with Crippen molar-refractivity contribution in [2.45, 2.75) is 181 Å². The number of aromatic nitrogens is 2. The number of para-hydroxylation sites is 1. The molecule has 0 unspecified atom stereocenters. The Morgan fingerprint density at radius 3 is 1.65 bits per heavy atom. The first-order chi connectivity index (χ1) is 59.0. The number of H-pyrrole nitrogens is 1. The number of guanidine groups is 2. The topological polar surface area (TPSA) is 675 Å². The van der Waals surface area contributed by atoms with Crippen LogP contribution in [0, 0.1) is 22.7 Å². The molecule has 0 saturated carbocycles. The van der Waals surface area contributed by atoms with E-state index in [-0.39, 0.29) is 150 Å². The number of nitrogens with zero attached hydrogens (tertiary/aromatic N) is 1. The number of aromatic amines is 1. The number of primary amides is 1. The second kappa shape index (κ2) is 48.4. The fourth-order valence-electron chi connectivity index (χ4n) is 14.6. The Bertz CT molecular complexity index is 4490. The Labute approximate surface area is 719 Å². The zero-order valence-electron chi connectivity index (χ0n) is 69.1. The number of ether oxygens (including phenoxy) is 6. The Kier molecular flexibility index (Phi) is 38.1. The van der Waals surface area contributed by atoms with Crippen molar-refractivity contribution < 1.29 is 96.5 Å². The quantitative estimate of drug-likeness (QED) is 0.00543. The lowest BCUT2D eigenvalue weighted by molar-refractivity contribution is -0.142. The number of aromatic hydroxyl groups is 2. The van der Waals surface area contributed by atoms with Crippen LogP contribution >= 0.6 is 23.5 Å². The Balaban J connectivity index is 0.891. The minimum atomic E-state index is -1.43. The number of nitrogens with one attached hydrogen (secondary N) is 13. The van der Waals surface area contributed by atoms with E-state index < -0.39 is 162 Å². The van der Waals surface area contributed by atoms with Crippen LogP contribution in [0.5, 0.6) is 40.5 Å². The smallest absolute Gasteiger partial charge is 0.313 e. The molecule has 674 valence electrons. The maximum absolute atomic E-state index is 14.9. The third kappa shape index (κ3) is 27.7. The number of thioether (sulfide) groups is 2. The summed E-state index contributed by atoms with van der Waals surface area (Å²) in [6.07, 6.45) is 4.48. The van der Waals surface area contributed by atoms with Crippen molar-refractivity contribution in [1.82, 2.24) is 62.7 Å². The molecular formula is C80H117N21O20S2. The van der Waals surface area contributed by atoms with Crippen molar-refractivity contribution in [1.29, 1.82) is 10.8 Å². The standard InChI is InChI=1S/C80H117N21O20S2/c1-116-59-33-42(65-45-35-57-58(120-41-119-57)36-46(45)67(105)47-39-118-78(115)66(47)65)34-60(117-2)68(59)121-64(104)22-30-101-63(103)37-61(77(101)114)123-40-48(84)70(107)90-29-21-62(102)94-51(19-12-27-91-79(86)87)71(108)97-54(20-13-28-92-80(88)89)73(110)99-55(23-31-122-3)75(112)96-53(18-8-11-26-83)74(111)100-56(32-43-38-93-49-15-5-4-14-44(43)49)76(113)98-52(17-7-10-25-82)72(109)95-50(69(85)106)16-6-9-24-81/h4-5,14-15,33-38,47-48,50-56,65-67,93,103,105,114H,6-13,16-32,39-41,81-84H2,1-3H3,(H2,85,106)(H,90,107)(H,94,102)(H,95,109)(H,96,112)(H,97,108)(H,98,113)(H,99,110)(H,100,111)(H4,86,87,91)(H4,88,89,92)/t47-,48-,50-,51-,52-,53-,54-,55-,56-,65+,66-,67+/m0/s1. The SMILES string of the molecule is COc1cc([C@@H]2c3cc4c(cc3[C@@H](O)[C@H]3COC(=O)[C@H]23)OCO4)cc(OC)c1OC(=O)CCn1c(O)cc(SC[C@H](N)C(=O)NCCC(=O)N[C@@H](CCCNC(=N)N)C(=O)N[C@@H](CCCNC(=N)N)C(=O)N[C@@H](CCSC)C(=O)N[C@@H](CCCCN)C(=O)N[C@@H](Cc2c[nH]c3ccccc23)C(=O)N[C@@H](CCCCN)C(=O)N[C@@H](CCCCN)C(N)=O)c1O. The maximum Gasteiger partial charge on any atom is 0.313 e. The van der Waals surface area contributed by atoms with Gasteiger partial charge in [-0.1, -0.05) is 18.2 Å². The summed E-state index contributed by atoms with van der Waals surface area (Å²) < 4.78 is 35.0. The molecule has 41 nitrogen and oxygen atoms in total. The van der Waals surface area contributed by atoms with Gasteiger partial charge in [-0.15, -0.1) is 11.8 Å². The number of unbranched alkanes of at least 4 members (excludes halogenated alkanes) is 3. The number of esters is 2. The van der Waals surface area contributed by atoms with Gasteiger partial charge in [0.25, 0.3) is 0 Å². The van der Waals surface area contributed by atoms with E-state index in [0.29, 0.717) is 84.6 Å². The van der Waals surface area contributed by atoms with Gasteiger partial charge in [0.15, 0.2) is 40.8 Å². The second-order valence-electron chi connectivity index (χ2n) is 29.9. The number of aliphatic hydroxyl groups is 1. The fourth-order valence-corrected chi connectivity index (χ4v) is 16.0. The first-order valence-corrected chi connectivity index (χ1v) is 43.1. The molecule has 5 aromatic rings. The lowest BCUT2D eigenvalue weighted by atomic mass is 9.66.